The van der Waals surface area contributed by atoms with Crippen LogP contribution in [0, 0.1) is 6.92 Å². The highest BCUT2D eigenvalue weighted by Crippen LogP contribution is 2.36. The molecule has 0 aliphatic carbocycles. The maximum Gasteiger partial charge on any atom is 0.0342 e. The van der Waals surface area contributed by atoms with Crippen LogP contribution in [0.15, 0.2) is 41.3 Å². The van der Waals surface area contributed by atoms with Crippen LogP contribution < -0.4 is 5.32 Å². The summed E-state index contributed by atoms with van der Waals surface area (Å²) >= 11 is 3.87. The molecule has 1 atom stereocenters. The number of rotatable bonds is 3. The van der Waals surface area contributed by atoms with Gasteiger partial charge in [0.1, 0.15) is 0 Å². The van der Waals surface area contributed by atoms with Crippen molar-refractivity contribution in [2.75, 3.05) is 5.75 Å². The maximum absolute atomic E-state index is 3.70. The first kappa shape index (κ1) is 12.3. The van der Waals surface area contributed by atoms with E-state index in [0.29, 0.717) is 6.04 Å². The second kappa shape index (κ2) is 5.47. The molecule has 0 radical (unpaired) electrons. The second-order valence-electron chi connectivity index (χ2n) is 4.62. The number of hydrogen-bond donors (Lipinski definition) is 1. The molecule has 2 heterocycles. The summed E-state index contributed by atoms with van der Waals surface area (Å²) in [6.07, 6.45) is 1.23. The van der Waals surface area contributed by atoms with Crippen molar-refractivity contribution in [3.05, 3.63) is 51.7 Å². The van der Waals surface area contributed by atoms with Gasteiger partial charge in [0.15, 0.2) is 0 Å². The molecule has 1 aromatic carbocycles. The minimum absolute atomic E-state index is 0.518. The predicted molar refractivity (Wildman–Crippen MR) is 80.4 cm³/mol. The Hall–Kier alpha value is -0.770. The van der Waals surface area contributed by atoms with E-state index < -0.39 is 0 Å². The number of thiophene rings is 1. The molecule has 18 heavy (non-hydrogen) atoms. The van der Waals surface area contributed by atoms with E-state index in [-0.39, 0.29) is 0 Å². The van der Waals surface area contributed by atoms with Gasteiger partial charge in [0.25, 0.3) is 0 Å². The van der Waals surface area contributed by atoms with E-state index in [1.54, 1.807) is 0 Å². The van der Waals surface area contributed by atoms with Gasteiger partial charge in [-0.25, -0.2) is 0 Å². The van der Waals surface area contributed by atoms with Crippen LogP contribution in [0.3, 0.4) is 0 Å². The Bertz CT molecular complexity index is 533. The van der Waals surface area contributed by atoms with Crippen LogP contribution in [-0.2, 0) is 6.54 Å². The molecule has 1 unspecified atom stereocenters. The predicted octanol–water partition coefficient (Wildman–Crippen LogP) is 4.38. The van der Waals surface area contributed by atoms with Gasteiger partial charge in [-0.3, -0.25) is 0 Å². The molecule has 1 aromatic heterocycles. The lowest BCUT2D eigenvalue weighted by Gasteiger charge is -2.25. The van der Waals surface area contributed by atoms with Gasteiger partial charge in [0, 0.05) is 27.2 Å². The molecule has 1 aliphatic rings. The fraction of sp³-hybridized carbons (Fsp3) is 0.333. The molecule has 0 saturated heterocycles. The van der Waals surface area contributed by atoms with Crippen molar-refractivity contribution in [2.45, 2.75) is 30.8 Å². The Morgan fingerprint density at radius 1 is 1.22 bits per heavy atom. The van der Waals surface area contributed by atoms with Crippen molar-refractivity contribution in [3.8, 4) is 0 Å². The molecule has 0 saturated carbocycles. The minimum atomic E-state index is 0.518. The topological polar surface area (TPSA) is 12.0 Å². The summed E-state index contributed by atoms with van der Waals surface area (Å²) < 4.78 is 0. The fourth-order valence-corrected chi connectivity index (χ4v) is 4.32. The van der Waals surface area contributed by atoms with E-state index in [2.05, 4.69) is 48.6 Å². The van der Waals surface area contributed by atoms with Gasteiger partial charge in [0.05, 0.1) is 0 Å². The third kappa shape index (κ3) is 2.63. The van der Waals surface area contributed by atoms with Crippen LogP contribution in [0.25, 0.3) is 0 Å². The number of aryl methyl sites for hydroxylation is 1. The highest BCUT2D eigenvalue weighted by atomic mass is 32.2. The van der Waals surface area contributed by atoms with Crippen molar-refractivity contribution < 1.29 is 0 Å². The molecule has 0 bridgehead atoms. The molecule has 3 rings (SSSR count). The Kier molecular flexibility index (Phi) is 3.73. The second-order valence-corrected chi connectivity index (χ2v) is 7.13. The lowest BCUT2D eigenvalue weighted by atomic mass is 10.0. The van der Waals surface area contributed by atoms with Gasteiger partial charge in [-0.05, 0) is 42.9 Å². The van der Waals surface area contributed by atoms with Crippen LogP contribution in [-0.4, -0.2) is 5.75 Å². The van der Waals surface area contributed by atoms with Crippen LogP contribution in [0.1, 0.15) is 27.8 Å². The molecule has 94 valence electrons. The summed E-state index contributed by atoms with van der Waals surface area (Å²) in [7, 11) is 0. The molecule has 0 amide bonds. The number of nitrogens with one attached hydrogen (secondary N) is 1. The first-order valence-corrected chi connectivity index (χ1v) is 8.13. The maximum atomic E-state index is 3.70. The molecular weight excluding hydrogens is 258 g/mol. The van der Waals surface area contributed by atoms with E-state index in [4.69, 9.17) is 0 Å². The van der Waals surface area contributed by atoms with Crippen molar-refractivity contribution in [3.63, 3.8) is 0 Å². The van der Waals surface area contributed by atoms with E-state index in [1.807, 2.05) is 23.1 Å². The standard InChI is InChI=1S/C15H17NS2/c1-11-6-7-12(18-11)10-16-14-8-9-17-15-5-3-2-4-13(14)15/h2-7,14,16H,8-10H2,1H3. The zero-order chi connectivity index (χ0) is 12.4. The number of hydrogen-bond acceptors (Lipinski definition) is 3. The third-order valence-electron chi connectivity index (χ3n) is 3.28. The Morgan fingerprint density at radius 3 is 2.94 bits per heavy atom. The average molecular weight is 275 g/mol. The van der Waals surface area contributed by atoms with E-state index in [1.165, 1.54) is 32.4 Å². The lowest BCUT2D eigenvalue weighted by Crippen LogP contribution is -2.23. The van der Waals surface area contributed by atoms with Gasteiger partial charge in [-0.2, -0.15) is 0 Å². The Labute approximate surface area is 117 Å². The minimum Gasteiger partial charge on any atom is -0.305 e. The lowest BCUT2D eigenvalue weighted by molar-refractivity contribution is 0.513. The SMILES string of the molecule is Cc1ccc(CNC2CCSc3ccccc32)s1. The summed E-state index contributed by atoms with van der Waals surface area (Å²) in [5.41, 5.74) is 1.47. The van der Waals surface area contributed by atoms with Crippen LogP contribution in [0.5, 0.6) is 0 Å². The summed E-state index contributed by atoms with van der Waals surface area (Å²) in [5, 5.41) is 3.70. The van der Waals surface area contributed by atoms with Crippen molar-refractivity contribution in [1.29, 1.82) is 0 Å². The Morgan fingerprint density at radius 2 is 2.11 bits per heavy atom. The molecule has 2 aromatic rings. The normalized spacial score (nSPS) is 18.6. The van der Waals surface area contributed by atoms with Crippen LogP contribution >= 0.6 is 23.1 Å². The van der Waals surface area contributed by atoms with Crippen molar-refractivity contribution >= 4 is 23.1 Å². The van der Waals surface area contributed by atoms with Crippen LogP contribution in [0.4, 0.5) is 0 Å². The van der Waals surface area contributed by atoms with Gasteiger partial charge < -0.3 is 5.32 Å². The number of fused-ring (bicyclic) bond motifs is 1. The summed E-state index contributed by atoms with van der Waals surface area (Å²) in [5.74, 6) is 1.22. The number of benzene rings is 1. The first-order chi connectivity index (χ1) is 8.83. The fourth-order valence-electron chi connectivity index (χ4n) is 2.36. The number of thioether (sulfide) groups is 1. The smallest absolute Gasteiger partial charge is 0.0342 e. The Balaban J connectivity index is 1.71. The van der Waals surface area contributed by atoms with Crippen molar-refractivity contribution in [1.82, 2.24) is 5.32 Å². The molecule has 3 heteroatoms. The zero-order valence-electron chi connectivity index (χ0n) is 10.5. The van der Waals surface area contributed by atoms with Gasteiger partial charge in [-0.15, -0.1) is 23.1 Å². The van der Waals surface area contributed by atoms with E-state index in [0.717, 1.165) is 6.54 Å². The van der Waals surface area contributed by atoms with Gasteiger partial charge >= 0.3 is 0 Å². The van der Waals surface area contributed by atoms with Crippen molar-refractivity contribution in [2.24, 2.45) is 0 Å². The monoisotopic (exact) mass is 275 g/mol. The molecule has 1 N–H and O–H groups in total. The summed E-state index contributed by atoms with van der Waals surface area (Å²) in [6.45, 7) is 3.16. The summed E-state index contributed by atoms with van der Waals surface area (Å²) in [4.78, 5) is 4.28. The summed E-state index contributed by atoms with van der Waals surface area (Å²) in [6, 6.07) is 13.7. The molecule has 1 aliphatic heterocycles. The van der Waals surface area contributed by atoms with Crippen LogP contribution in [0.2, 0.25) is 0 Å². The highest BCUT2D eigenvalue weighted by Gasteiger charge is 2.19. The third-order valence-corrected chi connectivity index (χ3v) is 5.40. The molecule has 0 fully saturated rings. The molecule has 0 spiro atoms. The highest BCUT2D eigenvalue weighted by molar-refractivity contribution is 7.99. The van der Waals surface area contributed by atoms with E-state index in [9.17, 15) is 0 Å². The molecule has 1 nitrogen and oxygen atoms in total. The largest absolute Gasteiger partial charge is 0.305 e. The molecular formula is C15H17NS2. The van der Waals surface area contributed by atoms with Gasteiger partial charge in [-0.1, -0.05) is 18.2 Å². The van der Waals surface area contributed by atoms with E-state index >= 15 is 0 Å². The quantitative estimate of drug-likeness (QED) is 0.892. The zero-order valence-corrected chi connectivity index (χ0v) is 12.1. The van der Waals surface area contributed by atoms with Gasteiger partial charge in [0.2, 0.25) is 0 Å². The first-order valence-electron chi connectivity index (χ1n) is 6.33. The average Bonchev–Trinajstić information content (AvgIpc) is 2.82.